The fourth-order valence-corrected chi connectivity index (χ4v) is 2.82. The highest BCUT2D eigenvalue weighted by molar-refractivity contribution is 5.62. The number of nitrogens with zero attached hydrogens (tertiary/aromatic N) is 4. The lowest BCUT2D eigenvalue weighted by atomic mass is 10.0. The van der Waals surface area contributed by atoms with E-state index in [4.69, 9.17) is 0 Å². The molecule has 1 aromatic heterocycles. The van der Waals surface area contributed by atoms with Gasteiger partial charge in [-0.2, -0.15) is 5.10 Å². The summed E-state index contributed by atoms with van der Waals surface area (Å²) in [6.07, 6.45) is 0.452. The number of aliphatic hydroxyl groups is 1. The Morgan fingerprint density at radius 3 is 2.55 bits per heavy atom. The first-order chi connectivity index (χ1) is 9.32. The molecule has 1 saturated heterocycles. The fraction of sp³-hybridized carbons (Fsp3) is 0.769. The fourth-order valence-electron chi connectivity index (χ4n) is 2.82. The lowest BCUT2D eigenvalue weighted by Gasteiger charge is -2.18. The van der Waals surface area contributed by atoms with Gasteiger partial charge >= 0.3 is 5.69 Å². The van der Waals surface area contributed by atoms with Crippen molar-refractivity contribution in [2.45, 2.75) is 39.2 Å². The summed E-state index contributed by atoms with van der Waals surface area (Å²) in [4.78, 5) is 13.0. The van der Waals surface area contributed by atoms with Crippen LogP contribution in [0.25, 0.3) is 0 Å². The molecule has 2 unspecified atom stereocenters. The Morgan fingerprint density at radius 1 is 1.45 bits per heavy atom. The monoisotopic (exact) mass is 282 g/mol. The van der Waals surface area contributed by atoms with Crippen LogP contribution < -0.4 is 4.90 Å². The SMILES string of the molecule is CC(C)c1nn(C)c(N2CCC(C(C)O)C2)c1[N+](=O)[O-]. The zero-order valence-electron chi connectivity index (χ0n) is 12.4. The standard InChI is InChI=1S/C13H22N4O3/c1-8(2)11-12(17(19)20)13(15(4)14-11)16-6-5-10(7-16)9(3)18/h8-10,18H,5-7H2,1-4H3. The number of aryl methyl sites for hydroxylation is 1. The van der Waals surface area contributed by atoms with Crippen molar-refractivity contribution < 1.29 is 10.0 Å². The molecule has 1 aliphatic heterocycles. The van der Waals surface area contributed by atoms with Crippen molar-refractivity contribution in [2.24, 2.45) is 13.0 Å². The van der Waals surface area contributed by atoms with Crippen molar-refractivity contribution in [3.05, 3.63) is 15.8 Å². The maximum Gasteiger partial charge on any atom is 0.334 e. The highest BCUT2D eigenvalue weighted by Gasteiger charge is 2.36. The summed E-state index contributed by atoms with van der Waals surface area (Å²) in [7, 11) is 1.74. The van der Waals surface area contributed by atoms with Crippen LogP contribution in [0, 0.1) is 16.0 Å². The summed E-state index contributed by atoms with van der Waals surface area (Å²) >= 11 is 0. The lowest BCUT2D eigenvalue weighted by Crippen LogP contribution is -2.26. The molecule has 2 heterocycles. The van der Waals surface area contributed by atoms with Crippen LogP contribution >= 0.6 is 0 Å². The highest BCUT2D eigenvalue weighted by atomic mass is 16.6. The van der Waals surface area contributed by atoms with Crippen molar-refractivity contribution in [1.29, 1.82) is 0 Å². The van der Waals surface area contributed by atoms with Crippen LogP contribution in [0.1, 0.15) is 38.8 Å². The molecule has 7 nitrogen and oxygen atoms in total. The molecular weight excluding hydrogens is 260 g/mol. The van der Waals surface area contributed by atoms with Gasteiger partial charge in [-0.3, -0.25) is 10.1 Å². The number of nitro groups is 1. The van der Waals surface area contributed by atoms with Gasteiger partial charge in [0.1, 0.15) is 5.69 Å². The van der Waals surface area contributed by atoms with Gasteiger partial charge in [-0.1, -0.05) is 13.8 Å². The Kier molecular flexibility index (Phi) is 3.99. The Morgan fingerprint density at radius 2 is 2.10 bits per heavy atom. The predicted molar refractivity (Wildman–Crippen MR) is 76.0 cm³/mol. The molecule has 0 bridgehead atoms. The molecule has 112 valence electrons. The number of aliphatic hydroxyl groups excluding tert-OH is 1. The molecule has 2 rings (SSSR count). The first kappa shape index (κ1) is 14.8. The Bertz CT molecular complexity index is 510. The van der Waals surface area contributed by atoms with E-state index in [9.17, 15) is 15.2 Å². The van der Waals surface area contributed by atoms with Crippen LogP contribution in [-0.2, 0) is 7.05 Å². The van der Waals surface area contributed by atoms with Gasteiger partial charge < -0.3 is 10.0 Å². The summed E-state index contributed by atoms with van der Waals surface area (Å²) in [6, 6.07) is 0. The topological polar surface area (TPSA) is 84.4 Å². The van der Waals surface area contributed by atoms with Crippen molar-refractivity contribution >= 4 is 11.5 Å². The molecule has 0 aromatic carbocycles. The van der Waals surface area contributed by atoms with Crippen molar-refractivity contribution in [3.8, 4) is 0 Å². The zero-order valence-corrected chi connectivity index (χ0v) is 12.4. The molecule has 0 amide bonds. The normalized spacial score (nSPS) is 20.7. The number of hydrogen-bond donors (Lipinski definition) is 1. The van der Waals surface area contributed by atoms with Gasteiger partial charge in [0.2, 0.25) is 5.82 Å². The second kappa shape index (κ2) is 5.40. The minimum atomic E-state index is -0.392. The Hall–Kier alpha value is -1.63. The Balaban J connectivity index is 2.39. The molecule has 0 aliphatic carbocycles. The van der Waals surface area contributed by atoms with E-state index in [0.29, 0.717) is 24.6 Å². The summed E-state index contributed by atoms with van der Waals surface area (Å²) in [5.74, 6) is 0.722. The van der Waals surface area contributed by atoms with Crippen molar-refractivity contribution in [3.63, 3.8) is 0 Å². The summed E-state index contributed by atoms with van der Waals surface area (Å²) in [6.45, 7) is 6.93. The summed E-state index contributed by atoms with van der Waals surface area (Å²) in [5, 5.41) is 25.4. The van der Waals surface area contributed by atoms with Gasteiger partial charge in [0.25, 0.3) is 0 Å². The zero-order chi connectivity index (χ0) is 15.0. The minimum Gasteiger partial charge on any atom is -0.393 e. The van der Waals surface area contributed by atoms with E-state index in [2.05, 4.69) is 5.10 Å². The summed E-state index contributed by atoms with van der Waals surface area (Å²) in [5.41, 5.74) is 0.627. The van der Waals surface area contributed by atoms with Crippen molar-refractivity contribution in [1.82, 2.24) is 9.78 Å². The molecule has 20 heavy (non-hydrogen) atoms. The molecule has 0 saturated carbocycles. The second-order valence-electron chi connectivity index (χ2n) is 5.83. The average molecular weight is 282 g/mol. The lowest BCUT2D eigenvalue weighted by molar-refractivity contribution is -0.385. The number of rotatable bonds is 4. The minimum absolute atomic E-state index is 0.00511. The smallest absolute Gasteiger partial charge is 0.334 e. The third-order valence-corrected chi connectivity index (χ3v) is 3.95. The van der Waals surface area contributed by atoms with Crippen LogP contribution in [0.15, 0.2) is 0 Å². The first-order valence-electron chi connectivity index (χ1n) is 6.97. The molecule has 1 fully saturated rings. The molecule has 0 radical (unpaired) electrons. The molecule has 7 heteroatoms. The first-order valence-corrected chi connectivity index (χ1v) is 6.97. The molecule has 1 aliphatic rings. The van der Waals surface area contributed by atoms with E-state index in [1.54, 1.807) is 18.7 Å². The molecule has 2 atom stereocenters. The third-order valence-electron chi connectivity index (χ3n) is 3.95. The van der Waals surface area contributed by atoms with Gasteiger partial charge in [-0.15, -0.1) is 0 Å². The van der Waals surface area contributed by atoms with E-state index in [1.807, 2.05) is 18.7 Å². The maximum atomic E-state index is 11.4. The van der Waals surface area contributed by atoms with E-state index in [0.717, 1.165) is 6.42 Å². The quantitative estimate of drug-likeness (QED) is 0.670. The highest BCUT2D eigenvalue weighted by Crippen LogP contribution is 2.37. The van der Waals surface area contributed by atoms with Crippen LogP contribution in [0.4, 0.5) is 11.5 Å². The molecule has 1 N–H and O–H groups in total. The summed E-state index contributed by atoms with van der Waals surface area (Å²) < 4.78 is 1.60. The van der Waals surface area contributed by atoms with Crippen LogP contribution in [0.2, 0.25) is 0 Å². The second-order valence-corrected chi connectivity index (χ2v) is 5.83. The van der Waals surface area contributed by atoms with E-state index >= 15 is 0 Å². The van der Waals surface area contributed by atoms with Crippen LogP contribution in [0.3, 0.4) is 0 Å². The van der Waals surface area contributed by atoms with Gasteiger partial charge in [-0.25, -0.2) is 4.68 Å². The maximum absolute atomic E-state index is 11.4. The van der Waals surface area contributed by atoms with Crippen LogP contribution in [-0.4, -0.2) is 39.0 Å². The van der Waals surface area contributed by atoms with Gasteiger partial charge in [0.05, 0.1) is 11.0 Å². The van der Waals surface area contributed by atoms with E-state index in [1.165, 1.54) is 0 Å². The predicted octanol–water partition coefficient (Wildman–Crippen LogP) is 1.66. The van der Waals surface area contributed by atoms with Gasteiger partial charge in [0.15, 0.2) is 0 Å². The van der Waals surface area contributed by atoms with Gasteiger partial charge in [-0.05, 0) is 13.3 Å². The molecule has 0 spiro atoms. The third kappa shape index (κ3) is 2.49. The molecule has 1 aromatic rings. The van der Waals surface area contributed by atoms with E-state index < -0.39 is 6.10 Å². The van der Waals surface area contributed by atoms with E-state index in [-0.39, 0.29) is 22.4 Å². The Labute approximate surface area is 118 Å². The number of hydrogen-bond acceptors (Lipinski definition) is 5. The molecular formula is C13H22N4O3. The van der Waals surface area contributed by atoms with Crippen LogP contribution in [0.5, 0.6) is 0 Å². The van der Waals surface area contributed by atoms with Crippen molar-refractivity contribution in [2.75, 3.05) is 18.0 Å². The number of aromatic nitrogens is 2. The number of anilines is 1. The average Bonchev–Trinajstić information content (AvgIpc) is 2.92. The van der Waals surface area contributed by atoms with Gasteiger partial charge in [0, 0.05) is 32.0 Å². The largest absolute Gasteiger partial charge is 0.393 e.